The van der Waals surface area contributed by atoms with E-state index in [1.807, 2.05) is 57.2 Å². The van der Waals surface area contributed by atoms with Gasteiger partial charge in [0.05, 0.1) is 37.6 Å². The van der Waals surface area contributed by atoms with Crippen molar-refractivity contribution in [2.24, 2.45) is 39.9 Å². The van der Waals surface area contributed by atoms with Crippen molar-refractivity contribution in [3.8, 4) is 0 Å². The standard InChI is InChI=1S/C49H76N10O13/c1-27(2)23-34(50)44(65)58-38(26-41(62)72-10)46(67)56-36(17-14-22-53-49(51)52)45(66)55-35(19-18-28(3)24-29(4)39(71-9)25-33-15-12-11-13-16-33)30(5)42(63)57-37(20-21-40(60)61)47(68)59(8)32(7)43(64)54-31(6)48(69)70/h11-13,15-16,18-19,24,27,29-31,34-39H,7,14,17,20-23,25-26,50H2,1-6,8-10H3,(H,54,64)(H,55,66)(H,56,67)(H,57,63)(H,58,65)(H,60,61)(H,69,70)(H4,51,52,53)/b19-18+,28-24+/t29-,30-,31-,34-,35+,36-,37+,38+,39-/m0/s1. The fraction of sp³-hybridized carbons (Fsp3) is 0.551. The highest BCUT2D eigenvalue weighted by Crippen LogP contribution is 2.19. The lowest BCUT2D eigenvalue weighted by atomic mass is 9.94. The van der Waals surface area contributed by atoms with Crippen LogP contribution in [0.1, 0.15) is 85.6 Å². The third-order valence-electron chi connectivity index (χ3n) is 11.4. The first-order valence-corrected chi connectivity index (χ1v) is 23.5. The summed E-state index contributed by atoms with van der Waals surface area (Å²) in [6, 6.07) is 1.60. The number of nitrogens with two attached hydrogens (primary N) is 3. The van der Waals surface area contributed by atoms with Crippen LogP contribution in [-0.2, 0) is 59.0 Å². The molecule has 1 aromatic carbocycles. The molecule has 0 aliphatic heterocycles. The lowest BCUT2D eigenvalue weighted by Crippen LogP contribution is -2.58. The summed E-state index contributed by atoms with van der Waals surface area (Å²) in [6.45, 7) is 13.6. The maximum absolute atomic E-state index is 14.5. The van der Waals surface area contributed by atoms with Crippen molar-refractivity contribution in [2.75, 3.05) is 27.8 Å². The number of allylic oxidation sites excluding steroid dienone is 2. The number of hydrogen-bond donors (Lipinski definition) is 10. The maximum atomic E-state index is 14.5. The van der Waals surface area contributed by atoms with E-state index < -0.39 is 120 Å². The van der Waals surface area contributed by atoms with Gasteiger partial charge in [0.2, 0.25) is 29.5 Å². The molecule has 23 heteroatoms. The van der Waals surface area contributed by atoms with Gasteiger partial charge < -0.3 is 68.4 Å². The highest BCUT2D eigenvalue weighted by molar-refractivity contribution is 6.00. The van der Waals surface area contributed by atoms with Gasteiger partial charge in [-0.3, -0.25) is 48.1 Å². The number of guanidine groups is 1. The zero-order valence-corrected chi connectivity index (χ0v) is 42.8. The van der Waals surface area contributed by atoms with E-state index in [0.29, 0.717) is 12.0 Å². The van der Waals surface area contributed by atoms with Crippen molar-refractivity contribution in [1.82, 2.24) is 31.5 Å². The number of methoxy groups -OCH3 is 2. The number of likely N-dealkylation sites (N-methyl/N-ethyl adjacent to an activating group) is 1. The SMILES string of the molecule is C=C(C(=O)N[C@@H](C)C(=O)O)N(C)C(=O)[C@@H](CCC(=O)O)NC(=O)[C@@H](C)[C@@H](/C=C/C(C)=C/[C@H](C)[C@H](Cc1ccccc1)OC)NC(=O)[C@H](CCCN=C(N)N)NC(=O)[C@@H](CC(=O)OC)NC(=O)[C@@H](N)CC(C)C. The second-order valence-electron chi connectivity index (χ2n) is 17.9. The Labute approximate surface area is 421 Å². The molecule has 0 spiro atoms. The van der Waals surface area contributed by atoms with Crippen LogP contribution in [0.2, 0.25) is 0 Å². The van der Waals surface area contributed by atoms with Gasteiger partial charge in [0.1, 0.15) is 29.9 Å². The molecule has 0 aliphatic carbocycles. The molecule has 0 radical (unpaired) electrons. The Hall–Kier alpha value is -7.14. The first-order valence-electron chi connectivity index (χ1n) is 23.5. The second-order valence-corrected chi connectivity index (χ2v) is 17.9. The molecule has 0 saturated carbocycles. The molecule has 0 unspecified atom stereocenters. The Bertz CT molecular complexity index is 2130. The molecule has 23 nitrogen and oxygen atoms in total. The molecule has 0 fully saturated rings. The number of benzene rings is 1. The van der Waals surface area contributed by atoms with Crippen molar-refractivity contribution < 1.29 is 62.8 Å². The summed E-state index contributed by atoms with van der Waals surface area (Å²) in [4.78, 5) is 123. The molecule has 0 heterocycles. The van der Waals surface area contributed by atoms with Gasteiger partial charge in [0, 0.05) is 33.0 Å². The summed E-state index contributed by atoms with van der Waals surface area (Å²) >= 11 is 0. The van der Waals surface area contributed by atoms with Crippen LogP contribution in [0.15, 0.2) is 71.4 Å². The van der Waals surface area contributed by atoms with Crippen molar-refractivity contribution in [1.29, 1.82) is 0 Å². The number of esters is 1. The Morgan fingerprint density at radius 1 is 0.819 bits per heavy atom. The minimum atomic E-state index is -1.57. The number of amides is 6. The average Bonchev–Trinajstić information content (AvgIpc) is 3.32. The Morgan fingerprint density at radius 2 is 1.42 bits per heavy atom. The lowest BCUT2D eigenvalue weighted by Gasteiger charge is -2.29. The predicted octanol–water partition coefficient (Wildman–Crippen LogP) is 0.374. The molecule has 72 heavy (non-hydrogen) atoms. The van der Waals surface area contributed by atoms with Crippen LogP contribution >= 0.6 is 0 Å². The number of carbonyl (C=O) groups excluding carboxylic acids is 7. The van der Waals surface area contributed by atoms with E-state index in [-0.39, 0.29) is 49.7 Å². The fourth-order valence-corrected chi connectivity index (χ4v) is 7.02. The zero-order chi connectivity index (χ0) is 54.8. The van der Waals surface area contributed by atoms with Gasteiger partial charge in [-0.15, -0.1) is 0 Å². The lowest BCUT2D eigenvalue weighted by molar-refractivity contribution is -0.144. The predicted molar refractivity (Wildman–Crippen MR) is 268 cm³/mol. The maximum Gasteiger partial charge on any atom is 0.325 e. The number of aliphatic carboxylic acids is 2. The van der Waals surface area contributed by atoms with Gasteiger partial charge in [0.25, 0.3) is 5.91 Å². The van der Waals surface area contributed by atoms with E-state index in [1.54, 1.807) is 20.1 Å². The van der Waals surface area contributed by atoms with Crippen LogP contribution in [0.3, 0.4) is 0 Å². The molecule has 1 rings (SSSR count). The zero-order valence-electron chi connectivity index (χ0n) is 42.8. The average molecular weight is 1010 g/mol. The van der Waals surface area contributed by atoms with Gasteiger partial charge in [0.15, 0.2) is 5.96 Å². The number of rotatable bonds is 32. The quantitative estimate of drug-likeness (QED) is 0.0116. The molecule has 13 N–H and O–H groups in total. The van der Waals surface area contributed by atoms with Gasteiger partial charge >= 0.3 is 17.9 Å². The molecule has 0 aromatic heterocycles. The summed E-state index contributed by atoms with van der Waals surface area (Å²) < 4.78 is 10.6. The van der Waals surface area contributed by atoms with E-state index in [2.05, 4.69) is 38.2 Å². The van der Waals surface area contributed by atoms with Crippen molar-refractivity contribution in [3.05, 3.63) is 72.0 Å². The van der Waals surface area contributed by atoms with E-state index in [0.717, 1.165) is 24.6 Å². The summed E-state index contributed by atoms with van der Waals surface area (Å²) in [7, 11) is 3.83. The topological polar surface area (TPSA) is 366 Å². The molecule has 0 saturated heterocycles. The van der Waals surface area contributed by atoms with Crippen molar-refractivity contribution in [2.45, 2.75) is 129 Å². The van der Waals surface area contributed by atoms with Crippen molar-refractivity contribution >= 4 is 59.3 Å². The summed E-state index contributed by atoms with van der Waals surface area (Å²) in [6.07, 6.45) is 4.07. The number of ether oxygens (including phenoxy) is 2. The third-order valence-corrected chi connectivity index (χ3v) is 11.4. The van der Waals surface area contributed by atoms with Gasteiger partial charge in [-0.1, -0.05) is 88.4 Å². The highest BCUT2D eigenvalue weighted by atomic mass is 16.5. The largest absolute Gasteiger partial charge is 0.481 e. The summed E-state index contributed by atoms with van der Waals surface area (Å²) in [5, 5.41) is 31.3. The van der Waals surface area contributed by atoms with E-state index in [1.165, 1.54) is 19.9 Å². The number of aliphatic imine (C=N–C) groups is 1. The van der Waals surface area contributed by atoms with Gasteiger partial charge in [-0.2, -0.15) is 0 Å². The number of carboxylic acids is 2. The van der Waals surface area contributed by atoms with Gasteiger partial charge in [-0.05, 0) is 57.4 Å². The molecule has 0 bridgehead atoms. The van der Waals surface area contributed by atoms with Crippen LogP contribution in [-0.4, -0.2) is 145 Å². The minimum Gasteiger partial charge on any atom is -0.481 e. The monoisotopic (exact) mass is 1010 g/mol. The smallest absolute Gasteiger partial charge is 0.325 e. The molecule has 0 aliphatic rings. The minimum absolute atomic E-state index is 0.0135. The molecule has 9 atom stereocenters. The molecular weight excluding hydrogens is 937 g/mol. The Kier molecular flexibility index (Phi) is 27.9. The first-order chi connectivity index (χ1) is 33.7. The first kappa shape index (κ1) is 62.9. The van der Waals surface area contributed by atoms with Gasteiger partial charge in [-0.25, -0.2) is 0 Å². The van der Waals surface area contributed by atoms with Crippen molar-refractivity contribution in [3.63, 3.8) is 0 Å². The molecule has 1 aromatic rings. The second kappa shape index (κ2) is 32.0. The van der Waals surface area contributed by atoms with Crippen LogP contribution < -0.4 is 43.8 Å². The molecular formula is C49H76N10O13. The summed E-state index contributed by atoms with van der Waals surface area (Å²) in [5.74, 6) is -10.5. The van der Waals surface area contributed by atoms with Crippen LogP contribution in [0, 0.1) is 17.8 Å². The number of nitrogens with zero attached hydrogens (tertiary/aromatic N) is 2. The van der Waals surface area contributed by atoms with E-state index >= 15 is 0 Å². The van der Waals surface area contributed by atoms with E-state index in [4.69, 9.17) is 26.7 Å². The fourth-order valence-electron chi connectivity index (χ4n) is 7.02. The number of hydrogen-bond acceptors (Lipinski definition) is 13. The molecule has 6 amide bonds. The van der Waals surface area contributed by atoms with Crippen LogP contribution in [0.5, 0.6) is 0 Å². The third kappa shape index (κ3) is 23.2. The Morgan fingerprint density at radius 3 is 1.97 bits per heavy atom. The number of carboxylic acid groups (broad SMARTS) is 2. The normalized spacial score (nSPS) is 15.2. The highest BCUT2D eigenvalue weighted by Gasteiger charge is 2.35. The van der Waals surface area contributed by atoms with Crippen LogP contribution in [0.25, 0.3) is 0 Å². The summed E-state index contributed by atoms with van der Waals surface area (Å²) in [5.41, 5.74) is 18.3. The molecule has 400 valence electrons. The number of carbonyl (C=O) groups is 9. The van der Waals surface area contributed by atoms with Crippen LogP contribution in [0.4, 0.5) is 0 Å². The Balaban J connectivity index is 3.81. The van der Waals surface area contributed by atoms with E-state index in [9.17, 15) is 53.4 Å². The number of nitrogens with one attached hydrogen (secondary N) is 5.